The van der Waals surface area contributed by atoms with Gasteiger partial charge in [-0.1, -0.05) is 13.0 Å². The van der Waals surface area contributed by atoms with E-state index in [4.69, 9.17) is 0 Å². The number of phenols is 1. The lowest BCUT2D eigenvalue weighted by molar-refractivity contribution is 0.0907. The number of hydrogen-bond acceptors (Lipinski definition) is 3. The molecule has 5 heteroatoms. The molecular formula is C11H14FNO3. The smallest absolute Gasteiger partial charge is 0.258 e. The van der Waals surface area contributed by atoms with E-state index in [1.165, 1.54) is 12.1 Å². The van der Waals surface area contributed by atoms with Gasteiger partial charge < -0.3 is 15.5 Å². The van der Waals surface area contributed by atoms with Gasteiger partial charge in [-0.3, -0.25) is 4.79 Å². The van der Waals surface area contributed by atoms with Gasteiger partial charge in [0.15, 0.2) is 0 Å². The molecule has 0 bridgehead atoms. The zero-order chi connectivity index (χ0) is 12.1. The van der Waals surface area contributed by atoms with E-state index in [1.54, 1.807) is 6.92 Å². The normalized spacial score (nSPS) is 12.2. The Balaban J connectivity index is 2.73. The molecular weight excluding hydrogens is 213 g/mol. The van der Waals surface area contributed by atoms with Crippen LogP contribution in [0.2, 0.25) is 0 Å². The lowest BCUT2D eigenvalue weighted by atomic mass is 10.1. The summed E-state index contributed by atoms with van der Waals surface area (Å²) >= 11 is 0. The molecule has 1 unspecified atom stereocenters. The molecule has 0 aromatic heterocycles. The highest BCUT2D eigenvalue weighted by molar-refractivity contribution is 5.97. The number of phenolic OH excluding ortho intramolecular Hbond substituents is 1. The first-order valence-corrected chi connectivity index (χ1v) is 5.00. The van der Waals surface area contributed by atoms with Crippen molar-refractivity contribution in [3.05, 3.63) is 29.6 Å². The van der Waals surface area contributed by atoms with Crippen molar-refractivity contribution in [3.8, 4) is 5.75 Å². The van der Waals surface area contributed by atoms with Crippen LogP contribution in [0.25, 0.3) is 0 Å². The van der Waals surface area contributed by atoms with E-state index in [0.717, 1.165) is 6.07 Å². The van der Waals surface area contributed by atoms with E-state index >= 15 is 0 Å². The van der Waals surface area contributed by atoms with Gasteiger partial charge >= 0.3 is 0 Å². The molecule has 1 aromatic rings. The fourth-order valence-corrected chi connectivity index (χ4v) is 1.18. The lowest BCUT2D eigenvalue weighted by Gasteiger charge is -2.10. The third-order valence-corrected chi connectivity index (χ3v) is 2.19. The van der Waals surface area contributed by atoms with Gasteiger partial charge in [0.1, 0.15) is 17.1 Å². The lowest BCUT2D eigenvalue weighted by Crippen LogP contribution is -2.32. The number of benzene rings is 1. The number of carbonyl (C=O) groups excluding carboxylic acids is 1. The number of aliphatic hydroxyl groups excluding tert-OH is 1. The summed E-state index contributed by atoms with van der Waals surface area (Å²) in [5.74, 6) is -1.94. The monoisotopic (exact) mass is 227 g/mol. The van der Waals surface area contributed by atoms with Crippen LogP contribution in [0.15, 0.2) is 18.2 Å². The Morgan fingerprint density at radius 1 is 1.56 bits per heavy atom. The SMILES string of the molecule is CCC(O)CNC(=O)c1c(O)cccc1F. The maximum atomic E-state index is 13.2. The van der Waals surface area contributed by atoms with Crippen molar-refractivity contribution < 1.29 is 19.4 Å². The van der Waals surface area contributed by atoms with Gasteiger partial charge in [0.2, 0.25) is 0 Å². The number of aromatic hydroxyl groups is 1. The molecule has 1 atom stereocenters. The van der Waals surface area contributed by atoms with Crippen LogP contribution in [-0.4, -0.2) is 28.8 Å². The molecule has 0 saturated heterocycles. The van der Waals surface area contributed by atoms with Gasteiger partial charge in [-0.15, -0.1) is 0 Å². The number of amides is 1. The summed E-state index contributed by atoms with van der Waals surface area (Å²) in [4.78, 5) is 11.5. The predicted molar refractivity (Wildman–Crippen MR) is 56.7 cm³/mol. The van der Waals surface area contributed by atoms with E-state index in [-0.39, 0.29) is 6.54 Å². The van der Waals surface area contributed by atoms with Crippen LogP contribution >= 0.6 is 0 Å². The fraction of sp³-hybridized carbons (Fsp3) is 0.364. The Morgan fingerprint density at radius 3 is 2.81 bits per heavy atom. The summed E-state index contributed by atoms with van der Waals surface area (Å²) in [6.45, 7) is 1.79. The van der Waals surface area contributed by atoms with Gasteiger partial charge in [0, 0.05) is 6.54 Å². The summed E-state index contributed by atoms with van der Waals surface area (Å²) in [6.07, 6.45) is -0.179. The Morgan fingerprint density at radius 2 is 2.25 bits per heavy atom. The Labute approximate surface area is 92.7 Å². The summed E-state index contributed by atoms with van der Waals surface area (Å²) in [5, 5.41) is 20.9. The molecule has 3 N–H and O–H groups in total. The zero-order valence-corrected chi connectivity index (χ0v) is 8.90. The van der Waals surface area contributed by atoms with Crippen LogP contribution in [0, 0.1) is 5.82 Å². The Kier molecular flexibility index (Phi) is 4.25. The summed E-state index contributed by atoms with van der Waals surface area (Å²) < 4.78 is 13.2. The second-order valence-electron chi connectivity index (χ2n) is 3.41. The summed E-state index contributed by atoms with van der Waals surface area (Å²) in [7, 11) is 0. The van der Waals surface area contributed by atoms with Crippen molar-refractivity contribution in [1.29, 1.82) is 0 Å². The van der Waals surface area contributed by atoms with Crippen LogP contribution in [0.3, 0.4) is 0 Å². The minimum atomic E-state index is -0.788. The second kappa shape index (κ2) is 5.46. The topological polar surface area (TPSA) is 69.6 Å². The van der Waals surface area contributed by atoms with Gasteiger partial charge in [-0.25, -0.2) is 4.39 Å². The standard InChI is InChI=1S/C11H14FNO3/c1-2-7(14)6-13-11(16)10-8(12)4-3-5-9(10)15/h3-5,7,14-15H,2,6H2,1H3,(H,13,16). The van der Waals surface area contributed by atoms with E-state index < -0.39 is 29.1 Å². The van der Waals surface area contributed by atoms with Crippen LogP contribution < -0.4 is 5.32 Å². The molecule has 0 saturated carbocycles. The second-order valence-corrected chi connectivity index (χ2v) is 3.41. The van der Waals surface area contributed by atoms with Crippen LogP contribution in [0.1, 0.15) is 23.7 Å². The van der Waals surface area contributed by atoms with Crippen molar-refractivity contribution >= 4 is 5.91 Å². The highest BCUT2D eigenvalue weighted by Crippen LogP contribution is 2.19. The highest BCUT2D eigenvalue weighted by atomic mass is 19.1. The zero-order valence-electron chi connectivity index (χ0n) is 8.90. The third kappa shape index (κ3) is 2.93. The van der Waals surface area contributed by atoms with E-state index in [0.29, 0.717) is 6.42 Å². The van der Waals surface area contributed by atoms with Gasteiger partial charge in [-0.05, 0) is 18.6 Å². The van der Waals surface area contributed by atoms with Crippen LogP contribution in [0.4, 0.5) is 4.39 Å². The van der Waals surface area contributed by atoms with Gasteiger partial charge in [0.05, 0.1) is 6.10 Å². The molecule has 0 aliphatic carbocycles. The molecule has 0 heterocycles. The van der Waals surface area contributed by atoms with Crippen molar-refractivity contribution in [2.24, 2.45) is 0 Å². The first kappa shape index (κ1) is 12.4. The van der Waals surface area contributed by atoms with E-state index in [1.807, 2.05) is 0 Å². The molecule has 0 aliphatic rings. The number of carbonyl (C=O) groups is 1. The minimum Gasteiger partial charge on any atom is -0.507 e. The molecule has 1 rings (SSSR count). The first-order valence-electron chi connectivity index (χ1n) is 5.00. The summed E-state index contributed by atoms with van der Waals surface area (Å²) in [6, 6.07) is 3.63. The molecule has 0 aliphatic heterocycles. The number of halogens is 1. The van der Waals surface area contributed by atoms with Crippen molar-refractivity contribution in [1.82, 2.24) is 5.32 Å². The molecule has 88 valence electrons. The molecule has 0 spiro atoms. The number of nitrogens with one attached hydrogen (secondary N) is 1. The maximum absolute atomic E-state index is 13.2. The minimum absolute atomic E-state index is 0.0309. The molecule has 1 aromatic carbocycles. The maximum Gasteiger partial charge on any atom is 0.258 e. The number of hydrogen-bond donors (Lipinski definition) is 3. The Bertz CT molecular complexity index is 361. The molecule has 16 heavy (non-hydrogen) atoms. The van der Waals surface area contributed by atoms with Crippen molar-refractivity contribution in [3.63, 3.8) is 0 Å². The quantitative estimate of drug-likeness (QED) is 0.719. The summed E-state index contributed by atoms with van der Waals surface area (Å²) in [5.41, 5.74) is -0.397. The number of aliphatic hydroxyl groups is 1. The Hall–Kier alpha value is -1.62. The first-order chi connectivity index (χ1) is 7.56. The molecule has 1 amide bonds. The molecule has 4 nitrogen and oxygen atoms in total. The predicted octanol–water partition coefficient (Wildman–Crippen LogP) is 1.03. The fourth-order valence-electron chi connectivity index (χ4n) is 1.18. The molecule has 0 radical (unpaired) electrons. The average Bonchev–Trinajstić information content (AvgIpc) is 2.25. The largest absolute Gasteiger partial charge is 0.507 e. The third-order valence-electron chi connectivity index (χ3n) is 2.19. The highest BCUT2D eigenvalue weighted by Gasteiger charge is 2.16. The average molecular weight is 227 g/mol. The van der Waals surface area contributed by atoms with Crippen molar-refractivity contribution in [2.75, 3.05) is 6.54 Å². The van der Waals surface area contributed by atoms with Crippen LogP contribution in [0.5, 0.6) is 5.75 Å². The van der Waals surface area contributed by atoms with Crippen molar-refractivity contribution in [2.45, 2.75) is 19.4 Å². The molecule has 0 fully saturated rings. The van der Waals surface area contributed by atoms with E-state index in [2.05, 4.69) is 5.32 Å². The number of rotatable bonds is 4. The van der Waals surface area contributed by atoms with Crippen LogP contribution in [-0.2, 0) is 0 Å². The van der Waals surface area contributed by atoms with E-state index in [9.17, 15) is 19.4 Å². The van der Waals surface area contributed by atoms with Gasteiger partial charge in [-0.2, -0.15) is 0 Å². The van der Waals surface area contributed by atoms with Gasteiger partial charge in [0.25, 0.3) is 5.91 Å².